The number of carbonyl (C=O) groups excluding carboxylic acids is 1. The molecular weight excluding hydrogens is 398 g/mol. The van der Waals surface area contributed by atoms with Crippen molar-refractivity contribution in [3.8, 4) is 0 Å². The molecule has 3 aromatic carbocycles. The van der Waals surface area contributed by atoms with Gasteiger partial charge in [0, 0.05) is 13.0 Å². The average Bonchev–Trinajstić information content (AvgIpc) is 3.22. The van der Waals surface area contributed by atoms with Crippen LogP contribution in [0.2, 0.25) is 0 Å². The van der Waals surface area contributed by atoms with E-state index in [0.29, 0.717) is 12.0 Å². The number of hydrogen-bond donors (Lipinski definition) is 0. The van der Waals surface area contributed by atoms with Gasteiger partial charge in [0.05, 0.1) is 17.8 Å². The number of rotatable bonds is 6. The molecule has 0 fully saturated rings. The highest BCUT2D eigenvalue weighted by molar-refractivity contribution is 6.01. The normalized spacial score (nSPS) is 15.3. The van der Waals surface area contributed by atoms with E-state index in [4.69, 9.17) is 4.84 Å². The molecule has 4 nitrogen and oxygen atoms in total. The van der Waals surface area contributed by atoms with E-state index in [0.717, 1.165) is 16.8 Å². The number of benzene rings is 3. The maximum Gasteiger partial charge on any atom is 0.257 e. The average molecular weight is 420 g/mol. The quantitative estimate of drug-likeness (QED) is 0.556. The van der Waals surface area contributed by atoms with Crippen LogP contribution in [0.4, 0.5) is 8.78 Å². The molecule has 1 unspecified atom stereocenters. The number of carbonyl (C=O) groups is 1. The van der Waals surface area contributed by atoms with Crippen LogP contribution >= 0.6 is 0 Å². The van der Waals surface area contributed by atoms with Crippen LogP contribution in [0, 0.1) is 18.6 Å². The lowest BCUT2D eigenvalue weighted by Crippen LogP contribution is -2.37. The molecular formula is C25H22F2N2O2. The smallest absolute Gasteiger partial charge is 0.257 e. The molecule has 6 heteroatoms. The molecule has 0 saturated heterocycles. The molecule has 31 heavy (non-hydrogen) atoms. The first-order chi connectivity index (χ1) is 15.0. The first-order valence-corrected chi connectivity index (χ1v) is 10.1. The van der Waals surface area contributed by atoms with Gasteiger partial charge in [0.15, 0.2) is 6.10 Å². The third-order valence-electron chi connectivity index (χ3n) is 5.20. The maximum atomic E-state index is 14.3. The monoisotopic (exact) mass is 420 g/mol. The van der Waals surface area contributed by atoms with Crippen molar-refractivity contribution in [2.24, 2.45) is 5.16 Å². The number of hydrogen-bond acceptors (Lipinski definition) is 3. The minimum absolute atomic E-state index is 0.0309. The first-order valence-electron chi connectivity index (χ1n) is 10.1. The summed E-state index contributed by atoms with van der Waals surface area (Å²) in [7, 11) is 0. The number of aryl methyl sites for hydroxylation is 1. The third kappa shape index (κ3) is 4.97. The standard InChI is InChI=1S/C25H22F2N2O2/c1-17-9-11-19(12-10-17)24-14-21(31-28-24)16-29(15-18-5-4-6-20(26)13-18)25(30)22-7-2-3-8-23(22)27/h2-13,21H,14-16H2,1H3. The lowest BCUT2D eigenvalue weighted by Gasteiger charge is -2.25. The Morgan fingerprint density at radius 1 is 1.06 bits per heavy atom. The topological polar surface area (TPSA) is 41.9 Å². The fraction of sp³-hybridized carbons (Fsp3) is 0.200. The van der Waals surface area contributed by atoms with Crippen LogP contribution in [0.1, 0.15) is 33.5 Å². The Balaban J connectivity index is 1.53. The molecule has 1 atom stereocenters. The van der Waals surface area contributed by atoms with Crippen molar-refractivity contribution < 1.29 is 18.4 Å². The van der Waals surface area contributed by atoms with E-state index in [9.17, 15) is 13.6 Å². The van der Waals surface area contributed by atoms with Crippen LogP contribution in [-0.4, -0.2) is 29.2 Å². The molecule has 0 radical (unpaired) electrons. The molecule has 0 aromatic heterocycles. The van der Waals surface area contributed by atoms with Crippen LogP contribution in [-0.2, 0) is 11.4 Å². The summed E-state index contributed by atoms with van der Waals surface area (Å²) in [6, 6.07) is 19.8. The summed E-state index contributed by atoms with van der Waals surface area (Å²) in [4.78, 5) is 20.2. The summed E-state index contributed by atoms with van der Waals surface area (Å²) in [5, 5.41) is 4.19. The van der Waals surface area contributed by atoms with Gasteiger partial charge in [0.2, 0.25) is 0 Å². The Labute approximate surface area is 179 Å². The fourth-order valence-electron chi connectivity index (χ4n) is 3.57. The lowest BCUT2D eigenvalue weighted by atomic mass is 10.0. The highest BCUT2D eigenvalue weighted by Gasteiger charge is 2.28. The zero-order chi connectivity index (χ0) is 21.8. The van der Waals surface area contributed by atoms with Gasteiger partial charge in [-0.25, -0.2) is 8.78 Å². The minimum Gasteiger partial charge on any atom is -0.390 e. The second-order valence-electron chi connectivity index (χ2n) is 7.63. The van der Waals surface area contributed by atoms with Gasteiger partial charge in [-0.05, 0) is 42.3 Å². The summed E-state index contributed by atoms with van der Waals surface area (Å²) < 4.78 is 27.9. The summed E-state index contributed by atoms with van der Waals surface area (Å²) in [5.74, 6) is -1.46. The van der Waals surface area contributed by atoms with Crippen molar-refractivity contribution in [1.29, 1.82) is 0 Å². The molecule has 1 heterocycles. The second kappa shape index (κ2) is 9.08. The molecule has 0 saturated carbocycles. The summed E-state index contributed by atoms with van der Waals surface area (Å²) in [6.45, 7) is 2.34. The van der Waals surface area contributed by atoms with Crippen LogP contribution in [0.3, 0.4) is 0 Å². The van der Waals surface area contributed by atoms with E-state index in [2.05, 4.69) is 5.16 Å². The summed E-state index contributed by atoms with van der Waals surface area (Å²) in [5.41, 5.74) is 3.50. The highest BCUT2D eigenvalue weighted by atomic mass is 19.1. The van der Waals surface area contributed by atoms with Crippen LogP contribution in [0.5, 0.6) is 0 Å². The fourth-order valence-corrected chi connectivity index (χ4v) is 3.57. The van der Waals surface area contributed by atoms with Crippen LogP contribution < -0.4 is 0 Å². The van der Waals surface area contributed by atoms with Gasteiger partial charge in [-0.1, -0.05) is 59.3 Å². The van der Waals surface area contributed by atoms with E-state index in [1.54, 1.807) is 18.2 Å². The number of nitrogens with zero attached hydrogens (tertiary/aromatic N) is 2. The van der Waals surface area contributed by atoms with Crippen molar-refractivity contribution in [2.45, 2.75) is 26.0 Å². The SMILES string of the molecule is Cc1ccc(C2=NOC(CN(Cc3cccc(F)c3)C(=O)c3ccccc3F)C2)cc1. The van der Waals surface area contributed by atoms with Crippen molar-refractivity contribution in [3.05, 3.63) is 107 Å². The third-order valence-corrected chi connectivity index (χ3v) is 5.20. The van der Waals surface area contributed by atoms with Gasteiger partial charge in [0.25, 0.3) is 5.91 Å². The minimum atomic E-state index is -0.597. The van der Waals surface area contributed by atoms with Gasteiger partial charge in [-0.2, -0.15) is 0 Å². The van der Waals surface area contributed by atoms with Gasteiger partial charge in [0.1, 0.15) is 11.6 Å². The summed E-state index contributed by atoms with van der Waals surface area (Å²) in [6.07, 6.45) is 0.147. The zero-order valence-electron chi connectivity index (χ0n) is 17.1. The molecule has 0 bridgehead atoms. The van der Waals surface area contributed by atoms with Crippen molar-refractivity contribution in [1.82, 2.24) is 4.90 Å². The zero-order valence-corrected chi connectivity index (χ0v) is 17.1. The molecule has 4 rings (SSSR count). The van der Waals surface area contributed by atoms with Crippen molar-refractivity contribution >= 4 is 11.6 Å². The maximum absolute atomic E-state index is 14.3. The van der Waals surface area contributed by atoms with E-state index in [1.807, 2.05) is 31.2 Å². The first kappa shape index (κ1) is 20.7. The van der Waals surface area contributed by atoms with Crippen LogP contribution in [0.25, 0.3) is 0 Å². The number of halogens is 2. The molecule has 1 amide bonds. The highest BCUT2D eigenvalue weighted by Crippen LogP contribution is 2.21. The van der Waals surface area contributed by atoms with E-state index < -0.39 is 17.5 Å². The Bertz CT molecular complexity index is 1110. The Morgan fingerprint density at radius 2 is 1.84 bits per heavy atom. The van der Waals surface area contributed by atoms with Crippen molar-refractivity contribution in [2.75, 3.05) is 6.54 Å². The Morgan fingerprint density at radius 3 is 2.58 bits per heavy atom. The molecule has 158 valence electrons. The predicted octanol–water partition coefficient (Wildman–Crippen LogP) is 5.11. The Kier molecular flexibility index (Phi) is 6.07. The van der Waals surface area contributed by atoms with Gasteiger partial charge < -0.3 is 9.74 Å². The lowest BCUT2D eigenvalue weighted by molar-refractivity contribution is 0.0402. The van der Waals surface area contributed by atoms with Crippen LogP contribution in [0.15, 0.2) is 78.0 Å². The molecule has 0 aliphatic carbocycles. The summed E-state index contributed by atoms with van der Waals surface area (Å²) >= 11 is 0. The molecule has 1 aliphatic rings. The van der Waals surface area contributed by atoms with E-state index in [1.165, 1.54) is 35.2 Å². The number of amides is 1. The molecule has 0 spiro atoms. The van der Waals surface area contributed by atoms with E-state index >= 15 is 0 Å². The Hall–Kier alpha value is -3.54. The van der Waals surface area contributed by atoms with E-state index in [-0.39, 0.29) is 24.8 Å². The second-order valence-corrected chi connectivity index (χ2v) is 7.63. The number of oxime groups is 1. The molecule has 0 N–H and O–H groups in total. The molecule has 1 aliphatic heterocycles. The van der Waals surface area contributed by atoms with Crippen molar-refractivity contribution in [3.63, 3.8) is 0 Å². The van der Waals surface area contributed by atoms with Gasteiger partial charge in [-0.3, -0.25) is 4.79 Å². The molecule has 3 aromatic rings. The van der Waals surface area contributed by atoms with Gasteiger partial charge in [-0.15, -0.1) is 0 Å². The predicted molar refractivity (Wildman–Crippen MR) is 115 cm³/mol. The van der Waals surface area contributed by atoms with Gasteiger partial charge >= 0.3 is 0 Å². The largest absolute Gasteiger partial charge is 0.390 e.